The van der Waals surface area contributed by atoms with Crippen LogP contribution in [-0.4, -0.2) is 40.1 Å². The lowest BCUT2D eigenvalue weighted by molar-refractivity contribution is 0.0679. The van der Waals surface area contributed by atoms with Crippen LogP contribution in [0.2, 0.25) is 0 Å². The topological polar surface area (TPSA) is 53.4 Å². The number of hydrogen-bond donors (Lipinski definition) is 1. The number of carbonyl (C=O) groups is 1. The van der Waals surface area contributed by atoms with Crippen LogP contribution in [0, 0.1) is 5.82 Å². The zero-order chi connectivity index (χ0) is 17.4. The molecule has 0 aliphatic carbocycles. The molecular formula is C19H17FN2O2S. The van der Waals surface area contributed by atoms with Crippen molar-refractivity contribution in [2.45, 2.75) is 18.9 Å². The number of nitrogens with zero attached hydrogens (tertiary/aromatic N) is 2. The minimum Gasteiger partial charge on any atom is -0.394 e. The Labute approximate surface area is 148 Å². The number of aromatic nitrogens is 1. The van der Waals surface area contributed by atoms with E-state index in [4.69, 9.17) is 0 Å². The lowest BCUT2D eigenvalue weighted by Crippen LogP contribution is -2.37. The third-order valence-electron chi connectivity index (χ3n) is 4.69. The number of rotatable bonds is 3. The highest BCUT2D eigenvalue weighted by molar-refractivity contribution is 7.08. The quantitative estimate of drug-likeness (QED) is 0.778. The number of para-hydroxylation sites is 1. The van der Waals surface area contributed by atoms with Crippen LogP contribution < -0.4 is 0 Å². The summed E-state index contributed by atoms with van der Waals surface area (Å²) < 4.78 is 14.3. The van der Waals surface area contributed by atoms with E-state index in [1.165, 1.54) is 17.4 Å². The third-order valence-corrected chi connectivity index (χ3v) is 5.37. The van der Waals surface area contributed by atoms with Gasteiger partial charge in [-0.05, 0) is 36.4 Å². The average molecular weight is 356 g/mol. The summed E-state index contributed by atoms with van der Waals surface area (Å²) in [4.78, 5) is 19.3. The molecule has 2 aromatic heterocycles. The van der Waals surface area contributed by atoms with E-state index in [0.29, 0.717) is 23.2 Å². The summed E-state index contributed by atoms with van der Waals surface area (Å²) in [6, 6.07) is 8.13. The third kappa shape index (κ3) is 2.81. The molecule has 128 valence electrons. The number of hydrogen-bond acceptors (Lipinski definition) is 4. The van der Waals surface area contributed by atoms with E-state index in [1.807, 2.05) is 16.8 Å². The summed E-state index contributed by atoms with van der Waals surface area (Å²) in [7, 11) is 0. The van der Waals surface area contributed by atoms with Gasteiger partial charge in [-0.15, -0.1) is 0 Å². The highest BCUT2D eigenvalue weighted by Gasteiger charge is 2.30. The number of benzene rings is 1. The Morgan fingerprint density at radius 3 is 3.04 bits per heavy atom. The van der Waals surface area contributed by atoms with Crippen LogP contribution in [0.25, 0.3) is 22.2 Å². The van der Waals surface area contributed by atoms with Crippen LogP contribution in [0.15, 0.2) is 41.1 Å². The normalized spacial score (nSPS) is 17.4. The van der Waals surface area contributed by atoms with E-state index < -0.39 is 5.82 Å². The predicted molar refractivity (Wildman–Crippen MR) is 96.2 cm³/mol. The predicted octanol–water partition coefficient (Wildman–Crippen LogP) is 3.70. The first-order valence-corrected chi connectivity index (χ1v) is 9.17. The highest BCUT2D eigenvalue weighted by atomic mass is 32.1. The van der Waals surface area contributed by atoms with E-state index >= 15 is 0 Å². The summed E-state index contributed by atoms with van der Waals surface area (Å²) in [5, 5.41) is 13.9. The molecule has 6 heteroatoms. The number of aliphatic hydroxyl groups excluding tert-OH is 1. The smallest absolute Gasteiger partial charge is 0.254 e. The molecule has 1 atom stereocenters. The molecule has 4 rings (SSSR count). The van der Waals surface area contributed by atoms with Crippen molar-refractivity contribution in [1.29, 1.82) is 0 Å². The summed E-state index contributed by atoms with van der Waals surface area (Å²) in [5.74, 6) is -0.616. The number of thiophene rings is 1. The Kier molecular flexibility index (Phi) is 4.23. The fourth-order valence-corrected chi connectivity index (χ4v) is 4.05. The summed E-state index contributed by atoms with van der Waals surface area (Å²) in [6.45, 7) is 0.553. The van der Waals surface area contributed by atoms with Crippen molar-refractivity contribution in [3.8, 4) is 11.3 Å². The van der Waals surface area contributed by atoms with Gasteiger partial charge in [0.2, 0.25) is 0 Å². The van der Waals surface area contributed by atoms with Crippen molar-refractivity contribution >= 4 is 28.1 Å². The number of amides is 1. The molecule has 1 aliphatic rings. The number of halogens is 1. The first kappa shape index (κ1) is 16.2. The SMILES string of the molecule is O=C(c1cc(-c2ccsc2)nc2c(F)cccc12)N1CCC[C@@H]1CO. The van der Waals surface area contributed by atoms with Crippen molar-refractivity contribution in [2.24, 2.45) is 0 Å². The van der Waals surface area contributed by atoms with Gasteiger partial charge < -0.3 is 10.0 Å². The van der Waals surface area contributed by atoms with Gasteiger partial charge in [0.1, 0.15) is 11.3 Å². The van der Waals surface area contributed by atoms with E-state index in [1.54, 1.807) is 23.1 Å². The summed E-state index contributed by atoms with van der Waals surface area (Å²) in [5.41, 5.74) is 2.09. The summed E-state index contributed by atoms with van der Waals surface area (Å²) in [6.07, 6.45) is 1.66. The van der Waals surface area contributed by atoms with E-state index in [2.05, 4.69) is 4.98 Å². The molecule has 1 aliphatic heterocycles. The van der Waals surface area contributed by atoms with Crippen molar-refractivity contribution in [1.82, 2.24) is 9.88 Å². The largest absolute Gasteiger partial charge is 0.394 e. The van der Waals surface area contributed by atoms with Gasteiger partial charge in [0.05, 0.1) is 23.9 Å². The fourth-order valence-electron chi connectivity index (χ4n) is 3.40. The molecule has 1 aromatic carbocycles. The molecule has 1 fully saturated rings. The van der Waals surface area contributed by atoms with Gasteiger partial charge in [-0.25, -0.2) is 9.37 Å². The molecule has 0 unspecified atom stereocenters. The van der Waals surface area contributed by atoms with Crippen LogP contribution in [0.5, 0.6) is 0 Å². The van der Waals surface area contributed by atoms with Crippen molar-refractivity contribution < 1.29 is 14.3 Å². The van der Waals surface area contributed by atoms with E-state index in [0.717, 1.165) is 18.4 Å². The Morgan fingerprint density at radius 1 is 1.40 bits per heavy atom. The Bertz CT molecular complexity index is 927. The Morgan fingerprint density at radius 2 is 2.28 bits per heavy atom. The van der Waals surface area contributed by atoms with Crippen molar-refractivity contribution in [3.05, 3.63) is 52.5 Å². The molecule has 0 bridgehead atoms. The molecule has 3 aromatic rings. The van der Waals surface area contributed by atoms with Crippen LogP contribution >= 0.6 is 11.3 Å². The van der Waals surface area contributed by atoms with Gasteiger partial charge >= 0.3 is 0 Å². The van der Waals surface area contributed by atoms with Gasteiger partial charge in [-0.2, -0.15) is 11.3 Å². The molecule has 3 heterocycles. The van der Waals surface area contributed by atoms with E-state index in [-0.39, 0.29) is 24.1 Å². The Balaban J connectivity index is 1.89. The first-order valence-electron chi connectivity index (χ1n) is 8.22. The molecule has 1 N–H and O–H groups in total. The Hall–Kier alpha value is -2.31. The number of pyridine rings is 1. The van der Waals surface area contributed by atoms with E-state index in [9.17, 15) is 14.3 Å². The summed E-state index contributed by atoms with van der Waals surface area (Å²) >= 11 is 1.53. The number of fused-ring (bicyclic) bond motifs is 1. The molecule has 0 spiro atoms. The molecule has 0 saturated carbocycles. The maximum atomic E-state index is 14.3. The van der Waals surface area contributed by atoms with Crippen LogP contribution in [0.3, 0.4) is 0 Å². The molecule has 0 radical (unpaired) electrons. The maximum absolute atomic E-state index is 14.3. The van der Waals surface area contributed by atoms with Gasteiger partial charge in [-0.1, -0.05) is 12.1 Å². The second kappa shape index (κ2) is 6.54. The molecular weight excluding hydrogens is 339 g/mol. The first-order chi connectivity index (χ1) is 12.2. The zero-order valence-corrected chi connectivity index (χ0v) is 14.3. The molecule has 4 nitrogen and oxygen atoms in total. The fraction of sp³-hybridized carbons (Fsp3) is 0.263. The minimum atomic E-state index is -0.441. The highest BCUT2D eigenvalue weighted by Crippen LogP contribution is 2.30. The molecule has 1 amide bonds. The maximum Gasteiger partial charge on any atom is 0.254 e. The minimum absolute atomic E-state index is 0.0551. The van der Waals surface area contributed by atoms with Crippen molar-refractivity contribution in [3.63, 3.8) is 0 Å². The van der Waals surface area contributed by atoms with Crippen molar-refractivity contribution in [2.75, 3.05) is 13.2 Å². The van der Waals surface area contributed by atoms with Crippen LogP contribution in [-0.2, 0) is 0 Å². The van der Waals surface area contributed by atoms with Gasteiger partial charge in [0.15, 0.2) is 0 Å². The zero-order valence-electron chi connectivity index (χ0n) is 13.5. The number of likely N-dealkylation sites (tertiary alicyclic amines) is 1. The van der Waals surface area contributed by atoms with Gasteiger partial charge in [-0.3, -0.25) is 4.79 Å². The number of carbonyl (C=O) groups excluding carboxylic acids is 1. The van der Waals surface area contributed by atoms with Crippen LogP contribution in [0.4, 0.5) is 4.39 Å². The second-order valence-electron chi connectivity index (χ2n) is 6.18. The monoisotopic (exact) mass is 356 g/mol. The molecule has 25 heavy (non-hydrogen) atoms. The molecule has 1 saturated heterocycles. The average Bonchev–Trinajstić information content (AvgIpc) is 3.32. The lowest BCUT2D eigenvalue weighted by Gasteiger charge is -2.24. The second-order valence-corrected chi connectivity index (χ2v) is 6.96. The van der Waals surface area contributed by atoms with Gasteiger partial charge in [0.25, 0.3) is 5.91 Å². The lowest BCUT2D eigenvalue weighted by atomic mass is 10.0. The van der Waals surface area contributed by atoms with Gasteiger partial charge in [0, 0.05) is 22.9 Å². The standard InChI is InChI=1S/C19H17FN2O2S/c20-16-5-1-4-14-15(19(24)22-7-2-3-13(22)10-23)9-17(21-18(14)16)12-6-8-25-11-12/h1,4-6,8-9,11,13,23H,2-3,7,10H2/t13-/m1/s1. The number of aliphatic hydroxyl groups is 1. The van der Waals surface area contributed by atoms with Crippen LogP contribution in [0.1, 0.15) is 23.2 Å².